The van der Waals surface area contributed by atoms with Crippen LogP contribution in [-0.2, 0) is 4.74 Å². The predicted octanol–water partition coefficient (Wildman–Crippen LogP) is 5.29. The number of halogens is 1. The zero-order chi connectivity index (χ0) is 20.3. The summed E-state index contributed by atoms with van der Waals surface area (Å²) >= 11 is 0. The summed E-state index contributed by atoms with van der Waals surface area (Å²) in [7, 11) is 0. The van der Waals surface area contributed by atoms with E-state index in [0.717, 1.165) is 58.0 Å². The van der Waals surface area contributed by atoms with Crippen molar-refractivity contribution >= 4 is 29.9 Å². The van der Waals surface area contributed by atoms with E-state index in [1.165, 1.54) is 11.1 Å². The lowest BCUT2D eigenvalue weighted by atomic mass is 9.89. The van der Waals surface area contributed by atoms with Gasteiger partial charge in [0.1, 0.15) is 0 Å². The smallest absolute Gasteiger partial charge is 0.193 e. The number of ether oxygens (including phenoxy) is 1. The van der Waals surface area contributed by atoms with E-state index in [-0.39, 0.29) is 24.0 Å². The number of nitrogens with one attached hydrogen (secondary N) is 1. The Hall–Kier alpha value is -1.60. The first-order chi connectivity index (χ1) is 14.3. The lowest BCUT2D eigenvalue weighted by Gasteiger charge is -2.34. The second kappa shape index (κ2) is 13.7. The van der Waals surface area contributed by atoms with Gasteiger partial charge in [0.05, 0.1) is 6.10 Å². The molecule has 1 heterocycles. The van der Waals surface area contributed by atoms with Crippen molar-refractivity contribution in [1.82, 2.24) is 10.2 Å². The van der Waals surface area contributed by atoms with E-state index in [2.05, 4.69) is 84.7 Å². The number of likely N-dealkylation sites (tertiary alicyclic amines) is 1. The highest BCUT2D eigenvalue weighted by Gasteiger charge is 2.21. The summed E-state index contributed by atoms with van der Waals surface area (Å²) < 4.78 is 5.79. The average molecular weight is 521 g/mol. The van der Waals surface area contributed by atoms with Gasteiger partial charge in [0, 0.05) is 38.7 Å². The maximum absolute atomic E-state index is 5.79. The van der Waals surface area contributed by atoms with Gasteiger partial charge in [0.25, 0.3) is 0 Å². The molecule has 0 aliphatic carbocycles. The molecular formula is C25H36IN3O. The van der Waals surface area contributed by atoms with Crippen LogP contribution in [0, 0.1) is 0 Å². The number of hydrogen-bond donors (Lipinski definition) is 1. The molecule has 0 unspecified atom stereocenters. The Morgan fingerprint density at radius 2 is 1.57 bits per heavy atom. The lowest BCUT2D eigenvalue weighted by molar-refractivity contribution is 0.0264. The van der Waals surface area contributed by atoms with Crippen LogP contribution >= 0.6 is 24.0 Å². The molecule has 0 bridgehead atoms. The van der Waals surface area contributed by atoms with E-state index in [1.54, 1.807) is 0 Å². The third-order valence-electron chi connectivity index (χ3n) is 5.56. The van der Waals surface area contributed by atoms with Crippen LogP contribution in [0.25, 0.3) is 0 Å². The molecule has 164 valence electrons. The maximum Gasteiger partial charge on any atom is 0.193 e. The first-order valence-corrected chi connectivity index (χ1v) is 11.1. The number of guanidine groups is 1. The number of piperidine rings is 1. The molecule has 5 heteroatoms. The molecule has 0 atom stereocenters. The van der Waals surface area contributed by atoms with Crippen LogP contribution in [0.1, 0.15) is 50.2 Å². The van der Waals surface area contributed by atoms with Crippen molar-refractivity contribution in [2.75, 3.05) is 32.8 Å². The fourth-order valence-corrected chi connectivity index (χ4v) is 4.09. The molecule has 1 aliphatic heterocycles. The average Bonchev–Trinajstić information content (AvgIpc) is 2.78. The van der Waals surface area contributed by atoms with Crippen LogP contribution < -0.4 is 5.32 Å². The third kappa shape index (κ3) is 7.27. The normalized spacial score (nSPS) is 15.2. The Kier molecular flexibility index (Phi) is 11.2. The Morgan fingerprint density at radius 3 is 2.07 bits per heavy atom. The molecule has 0 spiro atoms. The number of hydrogen-bond acceptors (Lipinski definition) is 2. The second-order valence-electron chi connectivity index (χ2n) is 7.54. The van der Waals surface area contributed by atoms with Gasteiger partial charge < -0.3 is 15.0 Å². The van der Waals surface area contributed by atoms with E-state index in [1.807, 2.05) is 0 Å². The molecule has 2 aromatic carbocycles. The van der Waals surface area contributed by atoms with Gasteiger partial charge in [-0.1, -0.05) is 60.7 Å². The van der Waals surface area contributed by atoms with Crippen molar-refractivity contribution in [1.29, 1.82) is 0 Å². The van der Waals surface area contributed by atoms with E-state index >= 15 is 0 Å². The topological polar surface area (TPSA) is 36.9 Å². The van der Waals surface area contributed by atoms with E-state index in [9.17, 15) is 0 Å². The number of aliphatic imine (C=N–C) groups is 1. The molecule has 0 radical (unpaired) electrons. The fourth-order valence-electron chi connectivity index (χ4n) is 4.09. The standard InChI is InChI=1S/C25H35N3O.HI/c1-3-26-25(28-19-16-23(17-20-28)29-4-2)27-18-15-24(21-11-7-5-8-12-21)22-13-9-6-10-14-22;/h5-14,23-24H,3-4,15-20H2,1-2H3,(H,26,27);1H. The molecule has 1 N–H and O–H groups in total. The van der Waals surface area contributed by atoms with Gasteiger partial charge in [-0.05, 0) is 44.2 Å². The lowest BCUT2D eigenvalue weighted by Crippen LogP contribution is -2.47. The Balaban J connectivity index is 0.00000320. The van der Waals surface area contributed by atoms with Gasteiger partial charge in [-0.3, -0.25) is 4.99 Å². The fraction of sp³-hybridized carbons (Fsp3) is 0.480. The summed E-state index contributed by atoms with van der Waals surface area (Å²) in [5.74, 6) is 1.41. The van der Waals surface area contributed by atoms with E-state index in [4.69, 9.17) is 9.73 Å². The van der Waals surface area contributed by atoms with Crippen LogP contribution in [0.15, 0.2) is 65.7 Å². The number of benzene rings is 2. The molecule has 30 heavy (non-hydrogen) atoms. The molecule has 3 rings (SSSR count). The van der Waals surface area contributed by atoms with Gasteiger partial charge in [0.2, 0.25) is 0 Å². The van der Waals surface area contributed by atoms with Crippen LogP contribution in [-0.4, -0.2) is 49.7 Å². The molecule has 2 aromatic rings. The van der Waals surface area contributed by atoms with Gasteiger partial charge in [-0.25, -0.2) is 0 Å². The van der Waals surface area contributed by atoms with Crippen molar-refractivity contribution in [3.05, 3.63) is 71.8 Å². The summed E-state index contributed by atoms with van der Waals surface area (Å²) in [6.45, 7) is 8.74. The Bertz CT molecular complexity index is 691. The monoisotopic (exact) mass is 521 g/mol. The largest absolute Gasteiger partial charge is 0.378 e. The summed E-state index contributed by atoms with van der Waals surface area (Å²) in [5.41, 5.74) is 2.72. The molecule has 4 nitrogen and oxygen atoms in total. The SMILES string of the molecule is CCNC(=NCCC(c1ccccc1)c1ccccc1)N1CCC(OCC)CC1.I. The summed E-state index contributed by atoms with van der Waals surface area (Å²) in [6, 6.07) is 21.6. The van der Waals surface area contributed by atoms with Gasteiger partial charge in [0.15, 0.2) is 5.96 Å². The van der Waals surface area contributed by atoms with Crippen LogP contribution in [0.5, 0.6) is 0 Å². The molecule has 1 saturated heterocycles. The summed E-state index contributed by atoms with van der Waals surface area (Å²) in [4.78, 5) is 7.38. The minimum absolute atomic E-state index is 0. The highest BCUT2D eigenvalue weighted by Crippen LogP contribution is 2.27. The summed E-state index contributed by atoms with van der Waals surface area (Å²) in [5, 5.41) is 3.49. The second-order valence-corrected chi connectivity index (χ2v) is 7.54. The highest BCUT2D eigenvalue weighted by atomic mass is 127. The molecular weight excluding hydrogens is 485 g/mol. The molecule has 0 aromatic heterocycles. The van der Waals surface area contributed by atoms with Crippen molar-refractivity contribution in [2.24, 2.45) is 4.99 Å². The van der Waals surface area contributed by atoms with Gasteiger partial charge >= 0.3 is 0 Å². The third-order valence-corrected chi connectivity index (χ3v) is 5.56. The molecule has 0 saturated carbocycles. The Labute approximate surface area is 199 Å². The maximum atomic E-state index is 5.79. The summed E-state index contributed by atoms with van der Waals surface area (Å²) in [6.07, 6.45) is 3.56. The van der Waals surface area contributed by atoms with Crippen LogP contribution in [0.2, 0.25) is 0 Å². The first kappa shape index (κ1) is 24.7. The van der Waals surface area contributed by atoms with Crippen LogP contribution in [0.3, 0.4) is 0 Å². The first-order valence-electron chi connectivity index (χ1n) is 11.1. The number of nitrogens with zero attached hydrogens (tertiary/aromatic N) is 2. The van der Waals surface area contributed by atoms with Crippen molar-refractivity contribution in [2.45, 2.75) is 45.1 Å². The van der Waals surface area contributed by atoms with Crippen molar-refractivity contribution in [3.63, 3.8) is 0 Å². The number of rotatable bonds is 8. The van der Waals surface area contributed by atoms with Crippen molar-refractivity contribution < 1.29 is 4.74 Å². The Morgan fingerprint density at radius 1 is 1.00 bits per heavy atom. The van der Waals surface area contributed by atoms with Crippen LogP contribution in [0.4, 0.5) is 0 Å². The minimum Gasteiger partial charge on any atom is -0.378 e. The quantitative estimate of drug-likeness (QED) is 0.291. The van der Waals surface area contributed by atoms with E-state index in [0.29, 0.717) is 12.0 Å². The highest BCUT2D eigenvalue weighted by molar-refractivity contribution is 14.0. The zero-order valence-corrected chi connectivity index (χ0v) is 20.6. The zero-order valence-electron chi connectivity index (χ0n) is 18.3. The molecule has 0 amide bonds. The molecule has 1 fully saturated rings. The predicted molar refractivity (Wildman–Crippen MR) is 137 cm³/mol. The van der Waals surface area contributed by atoms with Crippen molar-refractivity contribution in [3.8, 4) is 0 Å². The van der Waals surface area contributed by atoms with Gasteiger partial charge in [-0.2, -0.15) is 0 Å². The minimum atomic E-state index is 0. The van der Waals surface area contributed by atoms with E-state index < -0.39 is 0 Å². The molecule has 1 aliphatic rings. The van der Waals surface area contributed by atoms with Gasteiger partial charge in [-0.15, -0.1) is 24.0 Å².